The van der Waals surface area contributed by atoms with Crippen LogP contribution >= 0.6 is 12.2 Å². The third-order valence-corrected chi connectivity index (χ3v) is 6.30. The highest BCUT2D eigenvalue weighted by Gasteiger charge is 2.24. The molecule has 0 radical (unpaired) electrons. The van der Waals surface area contributed by atoms with Crippen LogP contribution in [0.25, 0.3) is 0 Å². The molecule has 0 amide bonds. The largest absolute Gasteiger partial charge is 0.495 e. The van der Waals surface area contributed by atoms with Crippen LogP contribution in [0.1, 0.15) is 26.7 Å². The Morgan fingerprint density at radius 1 is 1.14 bits per heavy atom. The van der Waals surface area contributed by atoms with Crippen LogP contribution in [0.2, 0.25) is 0 Å². The van der Waals surface area contributed by atoms with Crippen molar-refractivity contribution in [1.29, 1.82) is 0 Å². The van der Waals surface area contributed by atoms with E-state index in [9.17, 15) is 8.42 Å². The Morgan fingerprint density at radius 2 is 1.86 bits per heavy atom. The number of methoxy groups -OCH3 is 1. The van der Waals surface area contributed by atoms with Crippen LogP contribution in [0.3, 0.4) is 0 Å². The first-order valence-corrected chi connectivity index (χ1v) is 11.1. The van der Waals surface area contributed by atoms with E-state index in [1.807, 2.05) is 18.2 Å². The third kappa shape index (κ3) is 5.36. The van der Waals surface area contributed by atoms with E-state index >= 15 is 0 Å². The van der Waals surface area contributed by atoms with Gasteiger partial charge in [0.25, 0.3) is 10.0 Å². The van der Waals surface area contributed by atoms with Crippen molar-refractivity contribution in [2.75, 3.05) is 29.8 Å². The number of nitrogens with one attached hydrogen (secondary N) is 2. The lowest BCUT2D eigenvalue weighted by atomic mass is 10.3. The molecule has 0 fully saturated rings. The molecule has 0 saturated heterocycles. The summed E-state index contributed by atoms with van der Waals surface area (Å²) >= 11 is 5.31. The number of hydrogen-bond donors (Lipinski definition) is 2. The van der Waals surface area contributed by atoms with Gasteiger partial charge in [-0.2, -0.15) is 0 Å². The van der Waals surface area contributed by atoms with Crippen LogP contribution < -0.4 is 19.7 Å². The van der Waals surface area contributed by atoms with E-state index in [-0.39, 0.29) is 4.90 Å². The molecule has 2 aromatic carbocycles. The highest BCUT2D eigenvalue weighted by Crippen LogP contribution is 2.30. The molecular weight excluding hydrogens is 394 g/mol. The van der Waals surface area contributed by atoms with Crippen LogP contribution in [0.4, 0.5) is 11.4 Å². The fourth-order valence-corrected chi connectivity index (χ4v) is 4.42. The summed E-state index contributed by atoms with van der Waals surface area (Å²) in [6.45, 7) is 4.97. The highest BCUT2D eigenvalue weighted by atomic mass is 32.2. The maximum Gasteiger partial charge on any atom is 0.264 e. The number of para-hydroxylation sites is 1. The molecule has 152 valence electrons. The minimum atomic E-state index is -3.73. The molecule has 0 aliphatic rings. The summed E-state index contributed by atoms with van der Waals surface area (Å²) in [4.78, 5) is 0.165. The maximum atomic E-state index is 13.2. The number of unbranched alkanes of at least 4 members (excludes halogenated alkanes) is 1. The molecule has 0 spiro atoms. The lowest BCUT2D eigenvalue weighted by Gasteiger charge is -2.23. The molecule has 0 bridgehead atoms. The van der Waals surface area contributed by atoms with Crippen molar-refractivity contribution in [2.24, 2.45) is 0 Å². The van der Waals surface area contributed by atoms with E-state index in [2.05, 4.69) is 17.6 Å². The van der Waals surface area contributed by atoms with Gasteiger partial charge in [0.1, 0.15) is 5.75 Å². The Balaban J connectivity index is 2.33. The lowest BCUT2D eigenvalue weighted by molar-refractivity contribution is 0.416. The quantitative estimate of drug-likeness (QED) is 0.471. The first-order chi connectivity index (χ1) is 13.4. The van der Waals surface area contributed by atoms with Gasteiger partial charge in [0.2, 0.25) is 0 Å². The maximum absolute atomic E-state index is 13.2. The molecule has 0 unspecified atom stereocenters. The molecule has 0 aliphatic heterocycles. The molecule has 2 rings (SSSR count). The number of anilines is 2. The monoisotopic (exact) mass is 421 g/mol. The molecule has 0 aliphatic carbocycles. The third-order valence-electron chi connectivity index (χ3n) is 4.15. The lowest BCUT2D eigenvalue weighted by Crippen LogP contribution is -2.31. The molecule has 28 heavy (non-hydrogen) atoms. The predicted octanol–water partition coefficient (Wildman–Crippen LogP) is 4.00. The summed E-state index contributed by atoms with van der Waals surface area (Å²) in [5.41, 5.74) is 1.12. The number of ether oxygens (including phenoxy) is 1. The summed E-state index contributed by atoms with van der Waals surface area (Å²) in [5, 5.41) is 6.58. The Labute approximate surface area is 173 Å². The van der Waals surface area contributed by atoms with Crippen molar-refractivity contribution in [1.82, 2.24) is 5.32 Å². The first kappa shape index (κ1) is 22.0. The van der Waals surface area contributed by atoms with Crippen LogP contribution in [-0.2, 0) is 10.0 Å². The summed E-state index contributed by atoms with van der Waals surface area (Å²) < 4.78 is 33.2. The number of sulfonamides is 1. The van der Waals surface area contributed by atoms with Crippen molar-refractivity contribution >= 4 is 38.7 Å². The Hall–Kier alpha value is -2.32. The molecule has 0 aromatic heterocycles. The second kappa shape index (κ2) is 10.3. The van der Waals surface area contributed by atoms with Crippen molar-refractivity contribution in [3.8, 4) is 5.75 Å². The van der Waals surface area contributed by atoms with Gasteiger partial charge >= 0.3 is 0 Å². The van der Waals surface area contributed by atoms with Gasteiger partial charge in [-0.1, -0.05) is 31.5 Å². The van der Waals surface area contributed by atoms with Gasteiger partial charge < -0.3 is 15.4 Å². The van der Waals surface area contributed by atoms with Gasteiger partial charge in [0.15, 0.2) is 5.11 Å². The number of hydrogen-bond acceptors (Lipinski definition) is 4. The van der Waals surface area contributed by atoms with Crippen molar-refractivity contribution in [3.05, 3.63) is 48.5 Å². The predicted molar refractivity (Wildman–Crippen MR) is 119 cm³/mol. The number of benzene rings is 2. The zero-order chi connectivity index (χ0) is 20.6. The van der Waals surface area contributed by atoms with E-state index in [1.165, 1.54) is 11.4 Å². The summed E-state index contributed by atoms with van der Waals surface area (Å²) in [6.07, 6.45) is 2.05. The average Bonchev–Trinajstić information content (AvgIpc) is 2.69. The number of rotatable bonds is 9. The van der Waals surface area contributed by atoms with Crippen LogP contribution in [0.5, 0.6) is 5.75 Å². The molecule has 0 heterocycles. The molecule has 2 aromatic rings. The molecule has 2 N–H and O–H groups in total. The van der Waals surface area contributed by atoms with Gasteiger partial charge in [-0.15, -0.1) is 0 Å². The number of nitrogens with zero attached hydrogens (tertiary/aromatic N) is 1. The molecule has 6 nitrogen and oxygen atoms in total. The Morgan fingerprint density at radius 3 is 2.46 bits per heavy atom. The average molecular weight is 422 g/mol. The molecule has 0 atom stereocenters. The van der Waals surface area contributed by atoms with E-state index < -0.39 is 10.0 Å². The molecule has 0 saturated carbocycles. The second-order valence-electron chi connectivity index (χ2n) is 6.10. The Bertz CT molecular complexity index is 887. The minimum Gasteiger partial charge on any atom is -0.495 e. The summed E-state index contributed by atoms with van der Waals surface area (Å²) in [6, 6.07) is 13.7. The summed E-state index contributed by atoms with van der Waals surface area (Å²) in [5.74, 6) is 0.515. The topological polar surface area (TPSA) is 70.7 Å². The van der Waals surface area contributed by atoms with Crippen molar-refractivity contribution in [3.63, 3.8) is 0 Å². The zero-order valence-electron chi connectivity index (χ0n) is 16.4. The zero-order valence-corrected chi connectivity index (χ0v) is 18.1. The van der Waals surface area contributed by atoms with E-state index in [0.717, 1.165) is 19.4 Å². The Kier molecular flexibility index (Phi) is 8.07. The minimum absolute atomic E-state index is 0.165. The number of thiocarbonyl (C=S) groups is 1. The summed E-state index contributed by atoms with van der Waals surface area (Å²) in [7, 11) is -2.20. The van der Waals surface area contributed by atoms with E-state index in [1.54, 1.807) is 37.3 Å². The van der Waals surface area contributed by atoms with Gasteiger partial charge in [-0.3, -0.25) is 4.31 Å². The van der Waals surface area contributed by atoms with Crippen molar-refractivity contribution < 1.29 is 13.2 Å². The fourth-order valence-electron chi connectivity index (χ4n) is 2.70. The van der Waals surface area contributed by atoms with Gasteiger partial charge in [-0.05, 0) is 55.9 Å². The normalized spacial score (nSPS) is 11.0. The first-order valence-electron chi connectivity index (χ1n) is 9.24. The highest BCUT2D eigenvalue weighted by molar-refractivity contribution is 7.92. The van der Waals surface area contributed by atoms with Crippen molar-refractivity contribution in [2.45, 2.75) is 31.6 Å². The van der Waals surface area contributed by atoms with Crippen LogP contribution in [0, 0.1) is 0 Å². The van der Waals surface area contributed by atoms with Gasteiger partial charge in [0.05, 0.1) is 23.4 Å². The second-order valence-corrected chi connectivity index (χ2v) is 8.37. The SMILES string of the molecule is CCCCNC(=S)Nc1cc(S(=O)(=O)N(CC)c2ccccc2)ccc1OC. The standard InChI is InChI=1S/C20H27N3O3S2/c1-4-6-14-21-20(27)22-18-15-17(12-13-19(18)26-3)28(24,25)23(5-2)16-10-8-7-9-11-16/h7-13,15H,4-6,14H2,1-3H3,(H2,21,22,27). The molecular formula is C20H27N3O3S2. The van der Waals surface area contributed by atoms with Gasteiger partial charge in [-0.25, -0.2) is 8.42 Å². The van der Waals surface area contributed by atoms with E-state index in [4.69, 9.17) is 17.0 Å². The fraction of sp³-hybridized carbons (Fsp3) is 0.350. The van der Waals surface area contributed by atoms with Crippen LogP contribution in [0.15, 0.2) is 53.4 Å². The van der Waals surface area contributed by atoms with Crippen LogP contribution in [-0.4, -0.2) is 33.7 Å². The van der Waals surface area contributed by atoms with Gasteiger partial charge in [0, 0.05) is 13.1 Å². The smallest absolute Gasteiger partial charge is 0.264 e. The van der Waals surface area contributed by atoms with E-state index in [0.29, 0.717) is 28.8 Å². The molecule has 8 heteroatoms.